The number of hydrogen-bond donors (Lipinski definition) is 0. The zero-order valence-corrected chi connectivity index (χ0v) is 22.8. The number of hydrogen-bond acceptors (Lipinski definition) is 8. The molecule has 0 aliphatic carbocycles. The fourth-order valence-electron chi connectivity index (χ4n) is 3.57. The molecule has 198 valence electrons. The Morgan fingerprint density at radius 3 is 2.58 bits per heavy atom. The number of carbonyl (C=O) groups excluding carboxylic acids is 3. The van der Waals surface area contributed by atoms with E-state index in [1.165, 1.54) is 24.1 Å². The summed E-state index contributed by atoms with van der Waals surface area (Å²) in [6.07, 6.45) is 1.66. The second-order valence-corrected chi connectivity index (χ2v) is 10.5. The van der Waals surface area contributed by atoms with E-state index in [-0.39, 0.29) is 34.1 Å². The van der Waals surface area contributed by atoms with E-state index in [2.05, 4.69) is 15.0 Å². The van der Waals surface area contributed by atoms with Crippen molar-refractivity contribution < 1.29 is 23.9 Å². The highest BCUT2D eigenvalue weighted by Gasteiger charge is 2.34. The Hall–Kier alpha value is -3.92. The van der Waals surface area contributed by atoms with Crippen LogP contribution >= 0.6 is 22.9 Å². The largest absolute Gasteiger partial charge is 0.467 e. The lowest BCUT2D eigenvalue weighted by Gasteiger charge is -2.30. The van der Waals surface area contributed by atoms with Crippen molar-refractivity contribution in [3.8, 4) is 0 Å². The molecule has 2 aromatic heterocycles. The van der Waals surface area contributed by atoms with E-state index in [9.17, 15) is 14.4 Å². The maximum Gasteiger partial charge on any atom is 0.340 e. The second kappa shape index (κ2) is 12.6. The van der Waals surface area contributed by atoms with Crippen LogP contribution < -0.4 is 0 Å². The molecule has 0 radical (unpaired) electrons. The number of halogens is 1. The normalized spacial score (nSPS) is 11.7. The van der Waals surface area contributed by atoms with E-state index in [1.54, 1.807) is 62.7 Å². The van der Waals surface area contributed by atoms with Gasteiger partial charge < -0.3 is 14.4 Å². The molecule has 0 aliphatic rings. The Labute approximate surface area is 228 Å². The summed E-state index contributed by atoms with van der Waals surface area (Å²) in [6.45, 7) is 5.19. The molecule has 3 aromatic rings. The minimum absolute atomic E-state index is 0.0621. The topological polar surface area (TPSA) is 135 Å². The monoisotopic (exact) mass is 555 g/mol. The van der Waals surface area contributed by atoms with Gasteiger partial charge in [0, 0.05) is 29.8 Å². The molecule has 1 amide bonds. The fourth-order valence-corrected chi connectivity index (χ4v) is 4.63. The van der Waals surface area contributed by atoms with Crippen LogP contribution in [0.5, 0.6) is 0 Å². The summed E-state index contributed by atoms with van der Waals surface area (Å²) < 4.78 is 10.4. The molecule has 0 saturated heterocycles. The Morgan fingerprint density at radius 1 is 1.21 bits per heavy atom. The minimum atomic E-state index is -1.06. The van der Waals surface area contributed by atoms with Crippen molar-refractivity contribution in [1.82, 2.24) is 9.88 Å². The summed E-state index contributed by atoms with van der Waals surface area (Å²) in [4.78, 5) is 47.9. The van der Waals surface area contributed by atoms with Crippen LogP contribution in [0.4, 0.5) is 5.69 Å². The van der Waals surface area contributed by atoms with Crippen molar-refractivity contribution in [2.24, 2.45) is 5.11 Å². The third-order valence-corrected chi connectivity index (χ3v) is 6.44. The molecule has 0 aliphatic heterocycles. The van der Waals surface area contributed by atoms with Gasteiger partial charge in [-0.1, -0.05) is 28.8 Å². The first-order valence-corrected chi connectivity index (χ1v) is 12.7. The standard InChI is InChI=1S/C26H26ClN5O5S/c1-26(2,3)37-24(34)18-9-8-16(13-19(18)27)15-32(23(33)22-20(30-31-28)10-12-38-22)21(25(35)36-4)14-17-7-5-6-11-29-17/h5-13,21H,14-15H2,1-4H3. The predicted octanol–water partition coefficient (Wildman–Crippen LogP) is 6.12. The van der Waals surface area contributed by atoms with Gasteiger partial charge in [-0.05, 0) is 67.6 Å². The summed E-state index contributed by atoms with van der Waals surface area (Å²) in [6, 6.07) is 10.4. The van der Waals surface area contributed by atoms with Crippen LogP contribution in [0.25, 0.3) is 10.4 Å². The van der Waals surface area contributed by atoms with Crippen LogP contribution in [-0.2, 0) is 27.2 Å². The van der Waals surface area contributed by atoms with Crippen molar-refractivity contribution in [1.29, 1.82) is 0 Å². The number of pyridine rings is 1. The maximum absolute atomic E-state index is 13.8. The van der Waals surface area contributed by atoms with E-state index in [4.69, 9.17) is 26.6 Å². The average Bonchev–Trinajstić information content (AvgIpc) is 3.33. The van der Waals surface area contributed by atoms with Crippen LogP contribution in [0.15, 0.2) is 59.2 Å². The summed E-state index contributed by atoms with van der Waals surface area (Å²) >= 11 is 7.51. The number of azide groups is 1. The van der Waals surface area contributed by atoms with Crippen molar-refractivity contribution in [2.75, 3.05) is 7.11 Å². The zero-order chi connectivity index (χ0) is 27.9. The molecule has 0 fully saturated rings. The number of methoxy groups -OCH3 is 1. The molecule has 1 aromatic carbocycles. The molecule has 0 bridgehead atoms. The average molecular weight is 556 g/mol. The van der Waals surface area contributed by atoms with Gasteiger partial charge in [0.05, 0.1) is 23.4 Å². The number of ether oxygens (including phenoxy) is 2. The second-order valence-electron chi connectivity index (χ2n) is 9.14. The van der Waals surface area contributed by atoms with Crippen LogP contribution in [0.3, 0.4) is 0 Å². The van der Waals surface area contributed by atoms with Gasteiger partial charge in [0.25, 0.3) is 5.91 Å². The fraction of sp³-hybridized carbons (Fsp3) is 0.308. The Morgan fingerprint density at radius 2 is 1.97 bits per heavy atom. The van der Waals surface area contributed by atoms with E-state index < -0.39 is 29.5 Å². The lowest BCUT2D eigenvalue weighted by molar-refractivity contribution is -0.146. The number of aromatic nitrogens is 1. The van der Waals surface area contributed by atoms with Crippen molar-refractivity contribution in [3.05, 3.63) is 91.2 Å². The van der Waals surface area contributed by atoms with Crippen LogP contribution in [0.1, 0.15) is 52.1 Å². The molecular formula is C26H26ClN5O5S. The molecule has 0 spiro atoms. The smallest absolute Gasteiger partial charge is 0.340 e. The number of nitrogens with zero attached hydrogens (tertiary/aromatic N) is 5. The van der Waals surface area contributed by atoms with Gasteiger partial charge in [0.15, 0.2) is 0 Å². The minimum Gasteiger partial charge on any atom is -0.467 e. The molecule has 2 heterocycles. The van der Waals surface area contributed by atoms with E-state index >= 15 is 0 Å². The summed E-state index contributed by atoms with van der Waals surface area (Å²) in [5.41, 5.74) is 9.66. The predicted molar refractivity (Wildman–Crippen MR) is 143 cm³/mol. The zero-order valence-electron chi connectivity index (χ0n) is 21.3. The number of carbonyl (C=O) groups is 3. The molecule has 1 atom stereocenters. The SMILES string of the molecule is COC(=O)C(Cc1ccccn1)N(Cc1ccc(C(=O)OC(C)(C)C)c(Cl)c1)C(=O)c1sccc1N=[N+]=[N-]. The molecule has 38 heavy (non-hydrogen) atoms. The first-order chi connectivity index (χ1) is 18.0. The highest BCUT2D eigenvalue weighted by Crippen LogP contribution is 2.30. The number of thiophene rings is 1. The van der Waals surface area contributed by atoms with Gasteiger partial charge in [-0.2, -0.15) is 0 Å². The Kier molecular flexibility index (Phi) is 9.46. The van der Waals surface area contributed by atoms with E-state index in [0.29, 0.717) is 11.3 Å². The lowest BCUT2D eigenvalue weighted by atomic mass is 10.1. The summed E-state index contributed by atoms with van der Waals surface area (Å²) in [7, 11) is 1.24. The quantitative estimate of drug-likeness (QED) is 0.135. The lowest BCUT2D eigenvalue weighted by Crippen LogP contribution is -2.46. The maximum atomic E-state index is 13.8. The Bertz CT molecular complexity index is 1370. The third-order valence-electron chi connectivity index (χ3n) is 5.24. The number of rotatable bonds is 9. The van der Waals surface area contributed by atoms with E-state index in [1.807, 2.05) is 0 Å². The highest BCUT2D eigenvalue weighted by atomic mass is 35.5. The first kappa shape index (κ1) is 28.6. The van der Waals surface area contributed by atoms with Crippen molar-refractivity contribution in [3.63, 3.8) is 0 Å². The summed E-state index contributed by atoms with van der Waals surface area (Å²) in [5, 5.41) is 5.35. The van der Waals surface area contributed by atoms with Gasteiger partial charge in [0.2, 0.25) is 0 Å². The van der Waals surface area contributed by atoms with Gasteiger partial charge >= 0.3 is 11.9 Å². The van der Waals surface area contributed by atoms with Gasteiger partial charge in [-0.15, -0.1) is 11.3 Å². The molecule has 12 heteroatoms. The molecular weight excluding hydrogens is 530 g/mol. The van der Waals surface area contributed by atoms with Gasteiger partial charge in [-0.25, -0.2) is 9.59 Å². The highest BCUT2D eigenvalue weighted by molar-refractivity contribution is 7.12. The number of esters is 2. The third kappa shape index (κ3) is 7.32. The van der Waals surface area contributed by atoms with Crippen LogP contribution in [-0.4, -0.2) is 46.5 Å². The first-order valence-electron chi connectivity index (χ1n) is 11.5. The van der Waals surface area contributed by atoms with Crippen molar-refractivity contribution in [2.45, 2.75) is 45.4 Å². The molecule has 3 rings (SSSR count). The van der Waals surface area contributed by atoms with Crippen LogP contribution in [0, 0.1) is 0 Å². The Balaban J connectivity index is 2.03. The van der Waals surface area contributed by atoms with Gasteiger partial charge in [0.1, 0.15) is 16.5 Å². The molecule has 0 saturated carbocycles. The molecule has 0 N–H and O–H groups in total. The molecule has 10 nitrogen and oxygen atoms in total. The molecule has 1 unspecified atom stereocenters. The number of benzene rings is 1. The van der Waals surface area contributed by atoms with Gasteiger partial charge in [-0.3, -0.25) is 9.78 Å². The van der Waals surface area contributed by atoms with E-state index in [0.717, 1.165) is 11.3 Å². The van der Waals surface area contributed by atoms with Crippen molar-refractivity contribution >= 4 is 46.5 Å². The summed E-state index contributed by atoms with van der Waals surface area (Å²) in [5.74, 6) is -1.77. The number of amides is 1. The van der Waals surface area contributed by atoms with Crippen LogP contribution in [0.2, 0.25) is 5.02 Å².